The molecule has 1 aromatic heterocycles. The molecule has 0 fully saturated rings. The summed E-state index contributed by atoms with van der Waals surface area (Å²) in [5.74, 6) is -3.65. The summed E-state index contributed by atoms with van der Waals surface area (Å²) in [7, 11) is 0. The number of hydrogen-bond donors (Lipinski definition) is 3. The van der Waals surface area contributed by atoms with Gasteiger partial charge in [-0.3, -0.25) is 0 Å². The molecule has 1 atom stereocenters. The van der Waals surface area contributed by atoms with Crippen molar-refractivity contribution in [1.82, 2.24) is 9.55 Å². The fraction of sp³-hybridized carbons (Fsp3) is 0.421. The Labute approximate surface area is 152 Å². The molecule has 3 N–H and O–H groups in total. The van der Waals surface area contributed by atoms with Gasteiger partial charge in [-0.25, -0.2) is 14.6 Å². The van der Waals surface area contributed by atoms with Crippen molar-refractivity contribution in [3.8, 4) is 0 Å². The predicted molar refractivity (Wildman–Crippen MR) is 96.8 cm³/mol. The van der Waals surface area contributed by atoms with Gasteiger partial charge in [0.05, 0.1) is 12.4 Å². The van der Waals surface area contributed by atoms with Gasteiger partial charge < -0.3 is 19.9 Å². The molecule has 0 aliphatic carbocycles. The molecule has 0 amide bonds. The minimum absolute atomic E-state index is 0.158. The van der Waals surface area contributed by atoms with Gasteiger partial charge in [-0.15, -0.1) is 0 Å². The number of carboxylic acid groups (broad SMARTS) is 2. The molecule has 26 heavy (non-hydrogen) atoms. The number of aryl methyl sites for hydroxylation is 1. The number of carboxylic acids is 2. The summed E-state index contributed by atoms with van der Waals surface area (Å²) < 4.78 is 2.04. The Bertz CT molecular complexity index is 676. The van der Waals surface area contributed by atoms with Crippen LogP contribution in [-0.4, -0.2) is 36.8 Å². The Morgan fingerprint density at radius 1 is 1.12 bits per heavy atom. The minimum atomic E-state index is -1.82. The Morgan fingerprint density at radius 3 is 2.12 bits per heavy atom. The molecular formula is C19H26N2O5. The molecule has 0 aliphatic heterocycles. The van der Waals surface area contributed by atoms with Crippen molar-refractivity contribution in [2.75, 3.05) is 0 Å². The molecular weight excluding hydrogens is 336 g/mol. The molecule has 7 heteroatoms. The second-order valence-electron chi connectivity index (χ2n) is 6.94. The van der Waals surface area contributed by atoms with E-state index in [0.29, 0.717) is 0 Å². The average Bonchev–Trinajstić information content (AvgIpc) is 3.08. The summed E-state index contributed by atoms with van der Waals surface area (Å²) in [5.41, 5.74) is 2.46. The van der Waals surface area contributed by atoms with Crippen molar-refractivity contribution in [3.05, 3.63) is 54.1 Å². The van der Waals surface area contributed by atoms with Crippen LogP contribution in [-0.2, 0) is 21.5 Å². The number of aliphatic hydroxyl groups excluding tert-OH is 1. The number of hydrogen-bond acceptors (Lipinski definition) is 4. The third-order valence-electron chi connectivity index (χ3n) is 3.80. The van der Waals surface area contributed by atoms with Crippen LogP contribution in [0.15, 0.2) is 43.0 Å². The number of benzene rings is 1. The maximum Gasteiger partial charge on any atom is 0.414 e. The van der Waals surface area contributed by atoms with E-state index in [1.807, 2.05) is 29.2 Å². The number of carbonyl (C=O) groups is 2. The number of aliphatic hydroxyl groups is 1. The van der Waals surface area contributed by atoms with Crippen molar-refractivity contribution >= 4 is 11.9 Å². The van der Waals surface area contributed by atoms with E-state index < -0.39 is 11.9 Å². The van der Waals surface area contributed by atoms with Gasteiger partial charge in [-0.2, -0.15) is 0 Å². The maximum absolute atomic E-state index is 10.2. The maximum atomic E-state index is 10.2. The van der Waals surface area contributed by atoms with Crippen LogP contribution in [0, 0.1) is 0 Å². The highest BCUT2D eigenvalue weighted by Crippen LogP contribution is 2.25. The first-order valence-corrected chi connectivity index (χ1v) is 8.31. The lowest BCUT2D eigenvalue weighted by atomic mass is 9.86. The largest absolute Gasteiger partial charge is 0.473 e. The summed E-state index contributed by atoms with van der Waals surface area (Å²) in [4.78, 5) is 22.2. The number of rotatable bonds is 5. The molecule has 1 unspecified atom stereocenters. The lowest BCUT2D eigenvalue weighted by molar-refractivity contribution is -0.159. The molecule has 1 heterocycles. The first-order valence-electron chi connectivity index (χ1n) is 8.31. The fourth-order valence-electron chi connectivity index (χ4n) is 2.26. The van der Waals surface area contributed by atoms with Gasteiger partial charge in [0, 0.05) is 18.9 Å². The highest BCUT2D eigenvalue weighted by atomic mass is 16.4. The highest BCUT2D eigenvalue weighted by Gasteiger charge is 2.14. The van der Waals surface area contributed by atoms with E-state index in [4.69, 9.17) is 19.8 Å². The normalized spacial score (nSPS) is 12.0. The summed E-state index contributed by atoms with van der Waals surface area (Å²) >= 11 is 0. The second kappa shape index (κ2) is 9.72. The van der Waals surface area contributed by atoms with Crippen LogP contribution in [0.2, 0.25) is 0 Å². The summed E-state index contributed by atoms with van der Waals surface area (Å²) in [6.07, 6.45) is 6.87. The van der Waals surface area contributed by atoms with Gasteiger partial charge in [-0.05, 0) is 29.4 Å². The van der Waals surface area contributed by atoms with E-state index in [1.165, 1.54) is 5.56 Å². The zero-order valence-electron chi connectivity index (χ0n) is 15.3. The van der Waals surface area contributed by atoms with E-state index in [1.54, 1.807) is 6.20 Å². The molecule has 7 nitrogen and oxygen atoms in total. The molecule has 0 radical (unpaired) electrons. The van der Waals surface area contributed by atoms with Gasteiger partial charge in [0.25, 0.3) is 0 Å². The zero-order chi connectivity index (χ0) is 19.7. The van der Waals surface area contributed by atoms with Crippen LogP contribution >= 0.6 is 0 Å². The highest BCUT2D eigenvalue weighted by molar-refractivity contribution is 6.27. The number of nitrogens with zero attached hydrogens (tertiary/aromatic N) is 2. The molecule has 142 valence electrons. The molecule has 2 aromatic rings. The van der Waals surface area contributed by atoms with Gasteiger partial charge in [0.15, 0.2) is 0 Å². The van der Waals surface area contributed by atoms with Crippen LogP contribution in [0.3, 0.4) is 0 Å². The first kappa shape index (κ1) is 21.4. The molecule has 2 rings (SSSR count). The smallest absolute Gasteiger partial charge is 0.414 e. The lowest BCUT2D eigenvalue weighted by Crippen LogP contribution is -2.11. The van der Waals surface area contributed by atoms with Crippen LogP contribution in [0.25, 0.3) is 0 Å². The third-order valence-corrected chi connectivity index (χ3v) is 3.80. The topological polar surface area (TPSA) is 113 Å². The third kappa shape index (κ3) is 7.48. The molecule has 0 spiro atoms. The van der Waals surface area contributed by atoms with Gasteiger partial charge in [-0.1, -0.05) is 45.0 Å². The summed E-state index contributed by atoms with van der Waals surface area (Å²) in [6, 6.07) is 8.33. The Hall–Kier alpha value is -2.67. The standard InChI is InChI=1S/C17H24N2O.C2H2O4/c1-17(2,3)15-8-6-14(7-9-15)16(20)5-4-11-19-12-10-18-13-19;3-1(4)2(5)6/h6-10,12-13,16,20H,4-5,11H2,1-3H3;(H,3,4)(H,5,6). The van der Waals surface area contributed by atoms with Crippen LogP contribution in [0.4, 0.5) is 0 Å². The fourth-order valence-corrected chi connectivity index (χ4v) is 2.26. The van der Waals surface area contributed by atoms with Crippen molar-refractivity contribution in [3.63, 3.8) is 0 Å². The molecule has 0 saturated carbocycles. The molecule has 0 bridgehead atoms. The van der Waals surface area contributed by atoms with Crippen molar-refractivity contribution in [2.24, 2.45) is 0 Å². The minimum Gasteiger partial charge on any atom is -0.473 e. The summed E-state index contributed by atoms with van der Waals surface area (Å²) in [5, 5.41) is 25.0. The Morgan fingerprint density at radius 2 is 1.69 bits per heavy atom. The SMILES string of the molecule is CC(C)(C)c1ccc(C(O)CCCn2ccnc2)cc1.O=C(O)C(=O)O. The van der Waals surface area contributed by atoms with Crippen molar-refractivity contribution in [2.45, 2.75) is 51.7 Å². The zero-order valence-corrected chi connectivity index (χ0v) is 15.3. The lowest BCUT2D eigenvalue weighted by Gasteiger charge is -2.20. The number of imidazole rings is 1. The van der Waals surface area contributed by atoms with Gasteiger partial charge >= 0.3 is 11.9 Å². The van der Waals surface area contributed by atoms with E-state index in [-0.39, 0.29) is 11.5 Å². The number of aliphatic carboxylic acids is 2. The predicted octanol–water partition coefficient (Wildman–Crippen LogP) is 2.85. The Balaban J connectivity index is 0.000000487. The Kier molecular flexibility index (Phi) is 7.99. The second-order valence-corrected chi connectivity index (χ2v) is 6.94. The van der Waals surface area contributed by atoms with Crippen LogP contribution in [0.5, 0.6) is 0 Å². The van der Waals surface area contributed by atoms with E-state index in [0.717, 1.165) is 24.9 Å². The number of aromatic nitrogens is 2. The average molecular weight is 362 g/mol. The van der Waals surface area contributed by atoms with Gasteiger partial charge in [0.2, 0.25) is 0 Å². The molecule has 0 saturated heterocycles. The molecule has 0 aliphatic rings. The monoisotopic (exact) mass is 362 g/mol. The van der Waals surface area contributed by atoms with E-state index in [9.17, 15) is 5.11 Å². The van der Waals surface area contributed by atoms with Crippen molar-refractivity contribution < 1.29 is 24.9 Å². The molecule has 1 aromatic carbocycles. The summed E-state index contributed by atoms with van der Waals surface area (Å²) in [6.45, 7) is 7.49. The van der Waals surface area contributed by atoms with Crippen LogP contribution in [0.1, 0.15) is 50.8 Å². The van der Waals surface area contributed by atoms with E-state index in [2.05, 4.69) is 37.9 Å². The van der Waals surface area contributed by atoms with Crippen LogP contribution < -0.4 is 0 Å². The first-order chi connectivity index (χ1) is 12.1. The quantitative estimate of drug-likeness (QED) is 0.705. The van der Waals surface area contributed by atoms with Crippen molar-refractivity contribution in [1.29, 1.82) is 0 Å². The van der Waals surface area contributed by atoms with Gasteiger partial charge in [0.1, 0.15) is 0 Å². The van der Waals surface area contributed by atoms with E-state index >= 15 is 0 Å².